The van der Waals surface area contributed by atoms with Crippen molar-refractivity contribution in [1.82, 2.24) is 5.32 Å². The maximum Gasteiger partial charge on any atom is 0.251 e. The lowest BCUT2D eigenvalue weighted by molar-refractivity contribution is 0.0952. The van der Waals surface area contributed by atoms with Gasteiger partial charge in [0.05, 0.1) is 0 Å². The predicted octanol–water partition coefficient (Wildman–Crippen LogP) is 3.60. The van der Waals surface area contributed by atoms with Crippen LogP contribution in [0.4, 0.5) is 0 Å². The zero-order chi connectivity index (χ0) is 12.7. The van der Waals surface area contributed by atoms with Crippen molar-refractivity contribution < 1.29 is 4.79 Å². The van der Waals surface area contributed by atoms with Crippen molar-refractivity contribution in [3.05, 3.63) is 34.9 Å². The van der Waals surface area contributed by atoms with Crippen LogP contribution in [0.2, 0.25) is 0 Å². The number of halogens is 1. The molecular formula is C14H20BrNO. The van der Waals surface area contributed by atoms with E-state index in [2.05, 4.69) is 21.2 Å². The molecule has 94 valence electrons. The minimum absolute atomic E-state index is 0.0429. The number of nitrogens with one attached hydrogen (secondary N) is 1. The van der Waals surface area contributed by atoms with Crippen LogP contribution in [0.15, 0.2) is 18.2 Å². The molecule has 0 fully saturated rings. The molecule has 1 aromatic carbocycles. The van der Waals surface area contributed by atoms with Gasteiger partial charge in [0, 0.05) is 17.4 Å². The van der Waals surface area contributed by atoms with Crippen LogP contribution in [0, 0.1) is 13.8 Å². The number of rotatable bonds is 6. The van der Waals surface area contributed by atoms with E-state index in [1.54, 1.807) is 0 Å². The van der Waals surface area contributed by atoms with E-state index in [0.717, 1.165) is 35.8 Å². The molecule has 0 aliphatic carbocycles. The van der Waals surface area contributed by atoms with E-state index in [-0.39, 0.29) is 5.91 Å². The topological polar surface area (TPSA) is 29.1 Å². The molecule has 1 N–H and O–H groups in total. The third-order valence-corrected chi connectivity index (χ3v) is 3.28. The van der Waals surface area contributed by atoms with Crippen LogP contribution in [0.1, 0.15) is 40.7 Å². The molecule has 1 rings (SSSR count). The number of aryl methyl sites for hydroxylation is 2. The average Bonchev–Trinajstić information content (AvgIpc) is 2.28. The number of carbonyl (C=O) groups excluding carboxylic acids is 1. The van der Waals surface area contributed by atoms with Crippen molar-refractivity contribution in [2.75, 3.05) is 11.9 Å². The van der Waals surface area contributed by atoms with Crippen molar-refractivity contribution in [2.45, 2.75) is 33.1 Å². The molecule has 0 spiro atoms. The van der Waals surface area contributed by atoms with Crippen molar-refractivity contribution >= 4 is 21.8 Å². The van der Waals surface area contributed by atoms with Gasteiger partial charge in [0.2, 0.25) is 0 Å². The molecule has 0 saturated carbocycles. The van der Waals surface area contributed by atoms with Gasteiger partial charge in [-0.3, -0.25) is 4.79 Å². The van der Waals surface area contributed by atoms with Gasteiger partial charge in [0.25, 0.3) is 5.91 Å². The molecule has 1 aromatic rings. The van der Waals surface area contributed by atoms with E-state index >= 15 is 0 Å². The second kappa shape index (κ2) is 7.49. The van der Waals surface area contributed by atoms with Gasteiger partial charge in [-0.2, -0.15) is 0 Å². The summed E-state index contributed by atoms with van der Waals surface area (Å²) >= 11 is 3.40. The summed E-state index contributed by atoms with van der Waals surface area (Å²) in [5.74, 6) is 0.0429. The minimum atomic E-state index is 0.0429. The average molecular weight is 298 g/mol. The van der Waals surface area contributed by atoms with Crippen LogP contribution in [0.3, 0.4) is 0 Å². The fourth-order valence-electron chi connectivity index (χ4n) is 1.76. The first-order chi connectivity index (χ1) is 8.15. The summed E-state index contributed by atoms with van der Waals surface area (Å²) in [6.45, 7) is 4.78. The van der Waals surface area contributed by atoms with Crippen molar-refractivity contribution in [2.24, 2.45) is 0 Å². The van der Waals surface area contributed by atoms with Crippen LogP contribution in [0.25, 0.3) is 0 Å². The van der Waals surface area contributed by atoms with Crippen molar-refractivity contribution in [3.8, 4) is 0 Å². The maximum absolute atomic E-state index is 11.9. The summed E-state index contributed by atoms with van der Waals surface area (Å²) in [5, 5.41) is 4.00. The highest BCUT2D eigenvalue weighted by Gasteiger charge is 2.07. The number of unbranched alkanes of at least 4 members (excludes halogenated alkanes) is 2. The van der Waals surface area contributed by atoms with Gasteiger partial charge >= 0.3 is 0 Å². The highest BCUT2D eigenvalue weighted by Crippen LogP contribution is 2.10. The van der Waals surface area contributed by atoms with Gasteiger partial charge in [-0.15, -0.1) is 0 Å². The Morgan fingerprint density at radius 2 is 2.00 bits per heavy atom. The Hall–Kier alpha value is -0.830. The molecule has 0 atom stereocenters. The van der Waals surface area contributed by atoms with Gasteiger partial charge in [-0.25, -0.2) is 0 Å². The lowest BCUT2D eigenvalue weighted by Gasteiger charge is -2.08. The van der Waals surface area contributed by atoms with Gasteiger partial charge in [0.1, 0.15) is 0 Å². The van der Waals surface area contributed by atoms with Crippen molar-refractivity contribution in [1.29, 1.82) is 0 Å². The fourth-order valence-corrected chi connectivity index (χ4v) is 2.16. The van der Waals surface area contributed by atoms with Gasteiger partial charge in [-0.1, -0.05) is 40.0 Å². The summed E-state index contributed by atoms with van der Waals surface area (Å²) in [6.07, 6.45) is 3.36. The SMILES string of the molecule is Cc1ccc(C(=O)NCCCCCBr)c(C)c1. The monoisotopic (exact) mass is 297 g/mol. The van der Waals surface area contributed by atoms with E-state index in [1.807, 2.05) is 32.0 Å². The van der Waals surface area contributed by atoms with Crippen LogP contribution in [-0.4, -0.2) is 17.8 Å². The van der Waals surface area contributed by atoms with Gasteiger partial charge in [-0.05, 0) is 38.3 Å². The molecule has 1 amide bonds. The Bertz CT molecular complexity index is 376. The largest absolute Gasteiger partial charge is 0.352 e. The summed E-state index contributed by atoms with van der Waals surface area (Å²) in [4.78, 5) is 11.9. The van der Waals surface area contributed by atoms with Crippen LogP contribution in [0.5, 0.6) is 0 Å². The Morgan fingerprint density at radius 1 is 1.24 bits per heavy atom. The first kappa shape index (κ1) is 14.2. The number of amides is 1. The van der Waals surface area contributed by atoms with Crippen LogP contribution >= 0.6 is 15.9 Å². The highest BCUT2D eigenvalue weighted by atomic mass is 79.9. The standard InChI is InChI=1S/C14H20BrNO/c1-11-6-7-13(12(2)10-11)14(17)16-9-5-3-4-8-15/h6-7,10H,3-5,8-9H2,1-2H3,(H,16,17). The Kier molecular flexibility index (Phi) is 6.27. The molecule has 0 saturated heterocycles. The first-order valence-electron chi connectivity index (χ1n) is 6.06. The van der Waals surface area contributed by atoms with Gasteiger partial charge < -0.3 is 5.32 Å². The molecule has 0 unspecified atom stereocenters. The number of alkyl halides is 1. The summed E-state index contributed by atoms with van der Waals surface area (Å²) in [7, 11) is 0. The number of hydrogen-bond acceptors (Lipinski definition) is 1. The Balaban J connectivity index is 2.42. The lowest BCUT2D eigenvalue weighted by atomic mass is 10.1. The van der Waals surface area contributed by atoms with E-state index < -0.39 is 0 Å². The second-order valence-electron chi connectivity index (χ2n) is 4.32. The Morgan fingerprint density at radius 3 is 2.65 bits per heavy atom. The zero-order valence-electron chi connectivity index (χ0n) is 10.6. The van der Waals surface area contributed by atoms with Crippen LogP contribution < -0.4 is 5.32 Å². The molecule has 0 radical (unpaired) electrons. The van der Waals surface area contributed by atoms with E-state index in [4.69, 9.17) is 0 Å². The van der Waals surface area contributed by atoms with Gasteiger partial charge in [0.15, 0.2) is 0 Å². The van der Waals surface area contributed by atoms with Crippen LogP contribution in [-0.2, 0) is 0 Å². The fraction of sp³-hybridized carbons (Fsp3) is 0.500. The maximum atomic E-state index is 11.9. The molecule has 0 bridgehead atoms. The predicted molar refractivity (Wildman–Crippen MR) is 75.9 cm³/mol. The molecule has 0 aromatic heterocycles. The zero-order valence-corrected chi connectivity index (χ0v) is 12.1. The third-order valence-electron chi connectivity index (χ3n) is 2.72. The smallest absolute Gasteiger partial charge is 0.251 e. The molecule has 3 heteroatoms. The summed E-state index contributed by atoms with van der Waals surface area (Å²) in [5.41, 5.74) is 3.02. The summed E-state index contributed by atoms with van der Waals surface area (Å²) in [6, 6.07) is 5.92. The highest BCUT2D eigenvalue weighted by molar-refractivity contribution is 9.09. The number of carbonyl (C=O) groups is 1. The molecule has 2 nitrogen and oxygen atoms in total. The van der Waals surface area contributed by atoms with E-state index in [9.17, 15) is 4.79 Å². The minimum Gasteiger partial charge on any atom is -0.352 e. The Labute approximate surface area is 112 Å². The molecule has 0 heterocycles. The molecular weight excluding hydrogens is 278 g/mol. The number of hydrogen-bond donors (Lipinski definition) is 1. The first-order valence-corrected chi connectivity index (χ1v) is 7.18. The van der Waals surface area contributed by atoms with Crippen molar-refractivity contribution in [3.63, 3.8) is 0 Å². The normalized spacial score (nSPS) is 10.3. The number of benzene rings is 1. The molecule has 17 heavy (non-hydrogen) atoms. The van der Waals surface area contributed by atoms with E-state index in [0.29, 0.717) is 0 Å². The summed E-state index contributed by atoms with van der Waals surface area (Å²) < 4.78 is 0. The quantitative estimate of drug-likeness (QED) is 0.631. The molecule has 0 aliphatic rings. The lowest BCUT2D eigenvalue weighted by Crippen LogP contribution is -2.25. The second-order valence-corrected chi connectivity index (χ2v) is 5.12. The molecule has 0 aliphatic heterocycles. The van der Waals surface area contributed by atoms with E-state index in [1.165, 1.54) is 12.0 Å². The third kappa shape index (κ3) is 4.90.